The van der Waals surface area contributed by atoms with Crippen LogP contribution in [0, 0.1) is 0 Å². The van der Waals surface area contributed by atoms with E-state index in [2.05, 4.69) is 11.9 Å². The van der Waals surface area contributed by atoms with Crippen LogP contribution < -0.4 is 5.56 Å². The molecule has 0 aliphatic heterocycles. The molecule has 0 aliphatic carbocycles. The molecule has 0 fully saturated rings. The number of carbonyl (C=O) groups excluding carboxylic acids is 1. The Bertz CT molecular complexity index is 705. The van der Waals surface area contributed by atoms with Gasteiger partial charge in [0, 0.05) is 11.9 Å². The Balaban J connectivity index is 2.19. The summed E-state index contributed by atoms with van der Waals surface area (Å²) in [6.07, 6.45) is 7.73. The summed E-state index contributed by atoms with van der Waals surface area (Å²) >= 11 is 1.31. The van der Waals surface area contributed by atoms with Crippen LogP contribution in [0.4, 0.5) is 0 Å². The fourth-order valence-electron chi connectivity index (χ4n) is 2.37. The first-order chi connectivity index (χ1) is 11.2. The van der Waals surface area contributed by atoms with E-state index in [0.717, 1.165) is 38.5 Å². The first-order valence-electron chi connectivity index (χ1n) is 8.32. The van der Waals surface area contributed by atoms with Crippen LogP contribution in [0.15, 0.2) is 16.5 Å². The lowest BCUT2D eigenvalue weighted by Gasteiger charge is -2.06. The molecule has 0 N–H and O–H groups in total. The Kier molecular flexibility index (Phi) is 6.77. The minimum Gasteiger partial charge on any atom is -0.462 e. The highest BCUT2D eigenvalue weighted by Crippen LogP contribution is 2.21. The zero-order valence-electron chi connectivity index (χ0n) is 13.8. The number of rotatable bonds is 9. The molecule has 0 unspecified atom stereocenters. The highest BCUT2D eigenvalue weighted by molar-refractivity contribution is 7.17. The molecule has 2 aromatic rings. The average molecular weight is 336 g/mol. The summed E-state index contributed by atoms with van der Waals surface area (Å²) in [6, 6.07) is 0. The van der Waals surface area contributed by atoms with Crippen molar-refractivity contribution in [2.24, 2.45) is 0 Å². The molecule has 2 heterocycles. The molecule has 2 rings (SSSR count). The zero-order valence-corrected chi connectivity index (χ0v) is 14.7. The van der Waals surface area contributed by atoms with Crippen molar-refractivity contribution < 1.29 is 9.53 Å². The van der Waals surface area contributed by atoms with Crippen molar-refractivity contribution in [3.63, 3.8) is 0 Å². The molecule has 0 aromatic carbocycles. The van der Waals surface area contributed by atoms with Crippen LogP contribution in [0.3, 0.4) is 0 Å². The van der Waals surface area contributed by atoms with Gasteiger partial charge in [-0.1, -0.05) is 39.5 Å². The van der Waals surface area contributed by atoms with Gasteiger partial charge in [-0.2, -0.15) is 0 Å². The maximum absolute atomic E-state index is 12.6. The zero-order chi connectivity index (χ0) is 16.7. The number of esters is 1. The standard InChI is InChI=1S/C17H24N2O3S/c1-3-5-7-8-9-19-12-18-15-14(16(19)20)13(11-23-15)17(21)22-10-6-4-2/h11-12H,3-10H2,1-2H3. The summed E-state index contributed by atoms with van der Waals surface area (Å²) < 4.78 is 6.84. The number of aryl methyl sites for hydroxylation is 1. The van der Waals surface area contributed by atoms with Gasteiger partial charge in [-0.3, -0.25) is 9.36 Å². The van der Waals surface area contributed by atoms with Gasteiger partial charge in [0.15, 0.2) is 0 Å². The molecule has 23 heavy (non-hydrogen) atoms. The van der Waals surface area contributed by atoms with E-state index in [4.69, 9.17) is 4.74 Å². The van der Waals surface area contributed by atoms with E-state index in [1.54, 1.807) is 16.3 Å². The Hall–Kier alpha value is -1.69. The molecule has 0 spiro atoms. The fourth-order valence-corrected chi connectivity index (χ4v) is 3.24. The van der Waals surface area contributed by atoms with Crippen molar-refractivity contribution in [3.05, 3.63) is 27.6 Å². The first-order valence-corrected chi connectivity index (χ1v) is 9.20. The van der Waals surface area contributed by atoms with Crippen molar-refractivity contribution >= 4 is 27.5 Å². The lowest BCUT2D eigenvalue weighted by atomic mass is 10.2. The Labute approximate surface area is 140 Å². The van der Waals surface area contributed by atoms with Crippen LogP contribution in [-0.4, -0.2) is 22.1 Å². The molecule has 0 radical (unpaired) electrons. The molecule has 0 amide bonds. The number of nitrogens with zero attached hydrogens (tertiary/aromatic N) is 2. The molecule has 2 aromatic heterocycles. The second-order valence-electron chi connectivity index (χ2n) is 5.62. The SMILES string of the molecule is CCCCCCn1cnc2scc(C(=O)OCCCC)c2c1=O. The molecule has 0 atom stereocenters. The maximum atomic E-state index is 12.6. The van der Waals surface area contributed by atoms with Gasteiger partial charge in [-0.05, 0) is 12.8 Å². The molecule has 0 aliphatic rings. The van der Waals surface area contributed by atoms with Crippen molar-refractivity contribution in [3.8, 4) is 0 Å². The van der Waals surface area contributed by atoms with Gasteiger partial charge in [0.1, 0.15) is 4.83 Å². The number of aromatic nitrogens is 2. The Morgan fingerprint density at radius 1 is 1.22 bits per heavy atom. The Morgan fingerprint density at radius 3 is 2.74 bits per heavy atom. The number of carbonyl (C=O) groups is 1. The van der Waals surface area contributed by atoms with E-state index < -0.39 is 5.97 Å². The summed E-state index contributed by atoms with van der Waals surface area (Å²) in [4.78, 5) is 29.7. The lowest BCUT2D eigenvalue weighted by molar-refractivity contribution is 0.0502. The third kappa shape index (κ3) is 4.41. The van der Waals surface area contributed by atoms with Gasteiger partial charge in [0.05, 0.1) is 23.9 Å². The second kappa shape index (κ2) is 8.82. The maximum Gasteiger partial charge on any atom is 0.339 e. The molecule has 126 valence electrons. The normalized spacial score (nSPS) is 11.0. The molecule has 0 bridgehead atoms. The summed E-state index contributed by atoms with van der Waals surface area (Å²) in [5.74, 6) is -0.424. The predicted molar refractivity (Wildman–Crippen MR) is 93.2 cm³/mol. The van der Waals surface area contributed by atoms with Gasteiger partial charge in [-0.25, -0.2) is 9.78 Å². The van der Waals surface area contributed by atoms with E-state index in [-0.39, 0.29) is 5.56 Å². The number of unbranched alkanes of at least 4 members (excludes halogenated alkanes) is 4. The summed E-state index contributed by atoms with van der Waals surface area (Å²) in [7, 11) is 0. The number of hydrogen-bond acceptors (Lipinski definition) is 5. The molecule has 0 saturated carbocycles. The monoisotopic (exact) mass is 336 g/mol. The predicted octanol–water partition coefficient (Wildman–Crippen LogP) is 4.00. The smallest absolute Gasteiger partial charge is 0.339 e. The van der Waals surface area contributed by atoms with Gasteiger partial charge in [0.2, 0.25) is 0 Å². The summed E-state index contributed by atoms with van der Waals surface area (Å²) in [6.45, 7) is 5.22. The van der Waals surface area contributed by atoms with Crippen molar-refractivity contribution in [2.45, 2.75) is 58.9 Å². The molecule has 0 saturated heterocycles. The number of fused-ring (bicyclic) bond motifs is 1. The van der Waals surface area contributed by atoms with Crippen LogP contribution in [-0.2, 0) is 11.3 Å². The van der Waals surface area contributed by atoms with Crippen LogP contribution in [0.5, 0.6) is 0 Å². The van der Waals surface area contributed by atoms with Crippen molar-refractivity contribution in [1.29, 1.82) is 0 Å². The quantitative estimate of drug-likeness (QED) is 0.513. The van der Waals surface area contributed by atoms with Crippen molar-refractivity contribution in [2.75, 3.05) is 6.61 Å². The van der Waals surface area contributed by atoms with E-state index >= 15 is 0 Å². The fraction of sp³-hybridized carbons (Fsp3) is 0.588. The molecular weight excluding hydrogens is 312 g/mol. The number of hydrogen-bond donors (Lipinski definition) is 0. The van der Waals surface area contributed by atoms with E-state index in [1.165, 1.54) is 11.3 Å². The highest BCUT2D eigenvalue weighted by atomic mass is 32.1. The number of thiophene rings is 1. The third-order valence-electron chi connectivity index (χ3n) is 3.76. The van der Waals surface area contributed by atoms with Crippen LogP contribution in [0.2, 0.25) is 0 Å². The number of ether oxygens (including phenoxy) is 1. The molecule has 6 heteroatoms. The van der Waals surface area contributed by atoms with Gasteiger partial charge in [0.25, 0.3) is 5.56 Å². The third-order valence-corrected chi connectivity index (χ3v) is 4.65. The van der Waals surface area contributed by atoms with Gasteiger partial charge < -0.3 is 4.74 Å². The summed E-state index contributed by atoms with van der Waals surface area (Å²) in [5.41, 5.74) is 0.205. The van der Waals surface area contributed by atoms with Crippen molar-refractivity contribution in [1.82, 2.24) is 9.55 Å². The first kappa shape index (κ1) is 17.7. The average Bonchev–Trinajstić information content (AvgIpc) is 2.98. The highest BCUT2D eigenvalue weighted by Gasteiger charge is 2.18. The van der Waals surface area contributed by atoms with Gasteiger partial charge in [-0.15, -0.1) is 11.3 Å². The second-order valence-corrected chi connectivity index (χ2v) is 6.48. The lowest BCUT2D eigenvalue weighted by Crippen LogP contribution is -2.22. The van der Waals surface area contributed by atoms with Gasteiger partial charge >= 0.3 is 5.97 Å². The molecule has 5 nitrogen and oxygen atoms in total. The topological polar surface area (TPSA) is 61.2 Å². The Morgan fingerprint density at radius 2 is 2.00 bits per heavy atom. The minimum atomic E-state index is -0.424. The van der Waals surface area contributed by atoms with Crippen LogP contribution in [0.25, 0.3) is 10.2 Å². The van der Waals surface area contributed by atoms with Crippen LogP contribution in [0.1, 0.15) is 62.7 Å². The molecular formula is C17H24N2O3S. The van der Waals surface area contributed by atoms with E-state index in [0.29, 0.717) is 28.9 Å². The van der Waals surface area contributed by atoms with Crippen LogP contribution >= 0.6 is 11.3 Å². The van der Waals surface area contributed by atoms with E-state index in [1.807, 2.05) is 6.92 Å². The van der Waals surface area contributed by atoms with E-state index in [9.17, 15) is 9.59 Å². The summed E-state index contributed by atoms with van der Waals surface area (Å²) in [5, 5.41) is 2.07. The largest absolute Gasteiger partial charge is 0.462 e. The minimum absolute atomic E-state index is 0.143.